The van der Waals surface area contributed by atoms with Crippen LogP contribution in [0.15, 0.2) is 49.1 Å². The second kappa shape index (κ2) is 7.74. The summed E-state index contributed by atoms with van der Waals surface area (Å²) in [6, 6.07) is 11.8. The molecule has 130 valence electrons. The van der Waals surface area contributed by atoms with Crippen molar-refractivity contribution in [2.24, 2.45) is 0 Å². The zero-order valence-corrected chi connectivity index (χ0v) is 14.5. The minimum absolute atomic E-state index is 0.0279. The first kappa shape index (κ1) is 16.9. The van der Waals surface area contributed by atoms with Gasteiger partial charge in [0, 0.05) is 24.8 Å². The molecular formula is C18H22N6O. The first-order chi connectivity index (χ1) is 12.1. The van der Waals surface area contributed by atoms with Crippen molar-refractivity contribution in [3.63, 3.8) is 0 Å². The molecule has 1 atom stereocenters. The Balaban J connectivity index is 1.49. The van der Waals surface area contributed by atoms with Gasteiger partial charge >= 0.3 is 0 Å². The molecule has 0 unspecified atom stereocenters. The predicted octanol–water partition coefficient (Wildman–Crippen LogP) is 2.32. The van der Waals surface area contributed by atoms with Crippen molar-refractivity contribution >= 4 is 5.91 Å². The third-order valence-electron chi connectivity index (χ3n) is 4.21. The highest BCUT2D eigenvalue weighted by atomic mass is 16.2. The number of hydrogen-bond acceptors (Lipinski definition) is 4. The van der Waals surface area contributed by atoms with Crippen LogP contribution < -0.4 is 0 Å². The fourth-order valence-electron chi connectivity index (χ4n) is 2.71. The summed E-state index contributed by atoms with van der Waals surface area (Å²) in [5, 5.41) is 11.5. The number of aromatic nitrogens is 5. The van der Waals surface area contributed by atoms with Crippen LogP contribution in [0.4, 0.5) is 0 Å². The van der Waals surface area contributed by atoms with E-state index in [4.69, 9.17) is 0 Å². The molecule has 0 radical (unpaired) electrons. The quantitative estimate of drug-likeness (QED) is 0.717. The van der Waals surface area contributed by atoms with Crippen LogP contribution in [-0.4, -0.2) is 49.4 Å². The van der Waals surface area contributed by atoms with E-state index < -0.39 is 0 Å². The van der Waals surface area contributed by atoms with Crippen molar-refractivity contribution in [1.29, 1.82) is 0 Å². The van der Waals surface area contributed by atoms with Gasteiger partial charge in [0.2, 0.25) is 5.91 Å². The fraction of sp³-hybridized carbons (Fsp3) is 0.333. The van der Waals surface area contributed by atoms with Gasteiger partial charge in [0.1, 0.15) is 18.7 Å². The van der Waals surface area contributed by atoms with Gasteiger partial charge in [0.05, 0.1) is 5.69 Å². The third-order valence-corrected chi connectivity index (χ3v) is 4.21. The lowest BCUT2D eigenvalue weighted by atomic mass is 10.1. The molecule has 25 heavy (non-hydrogen) atoms. The molecule has 0 spiro atoms. The first-order valence-electron chi connectivity index (χ1n) is 8.34. The minimum Gasteiger partial charge on any atom is -0.344 e. The minimum atomic E-state index is -0.343. The number of aromatic amines is 1. The topological polar surface area (TPSA) is 79.7 Å². The molecule has 0 fully saturated rings. The van der Waals surface area contributed by atoms with Crippen LogP contribution in [0, 0.1) is 0 Å². The van der Waals surface area contributed by atoms with Gasteiger partial charge < -0.3 is 4.90 Å². The van der Waals surface area contributed by atoms with Crippen molar-refractivity contribution in [2.45, 2.75) is 25.8 Å². The van der Waals surface area contributed by atoms with Gasteiger partial charge in [-0.3, -0.25) is 9.89 Å². The average molecular weight is 338 g/mol. The molecule has 0 aliphatic rings. The molecule has 7 nitrogen and oxygen atoms in total. The number of H-pyrrole nitrogens is 1. The van der Waals surface area contributed by atoms with E-state index in [9.17, 15) is 4.79 Å². The zero-order valence-electron chi connectivity index (χ0n) is 14.5. The number of carbonyl (C=O) groups is 1. The van der Waals surface area contributed by atoms with E-state index in [-0.39, 0.29) is 11.9 Å². The van der Waals surface area contributed by atoms with Crippen LogP contribution >= 0.6 is 0 Å². The molecule has 1 N–H and O–H groups in total. The summed E-state index contributed by atoms with van der Waals surface area (Å²) in [6.45, 7) is 2.51. The molecule has 0 bridgehead atoms. The van der Waals surface area contributed by atoms with Crippen molar-refractivity contribution in [3.05, 3.63) is 54.7 Å². The summed E-state index contributed by atoms with van der Waals surface area (Å²) in [7, 11) is 1.82. The number of hydrogen-bond donors (Lipinski definition) is 1. The maximum absolute atomic E-state index is 12.4. The SMILES string of the molecule is C[C@@H](C(=O)N(C)CCCc1cc(-c2ccccc2)n[nH]1)n1cncn1. The number of rotatable bonds is 7. The van der Waals surface area contributed by atoms with E-state index in [1.807, 2.05) is 44.3 Å². The predicted molar refractivity (Wildman–Crippen MR) is 94.7 cm³/mol. The van der Waals surface area contributed by atoms with Gasteiger partial charge in [0.25, 0.3) is 0 Å². The highest BCUT2D eigenvalue weighted by Crippen LogP contribution is 2.17. The normalized spacial score (nSPS) is 12.1. The molecular weight excluding hydrogens is 316 g/mol. The number of carbonyl (C=O) groups excluding carboxylic acids is 1. The Labute approximate surface area is 146 Å². The van der Waals surface area contributed by atoms with Crippen molar-refractivity contribution in [2.75, 3.05) is 13.6 Å². The standard InChI is InChI=1S/C18H22N6O/c1-14(24-13-19-12-20-24)18(25)23(2)10-6-9-16-11-17(22-21-16)15-7-4-3-5-8-15/h3-5,7-8,11-14H,6,9-10H2,1-2H3,(H,21,22)/t14-/m0/s1. The van der Waals surface area contributed by atoms with Gasteiger partial charge in [0.15, 0.2) is 0 Å². The Morgan fingerprint density at radius 3 is 2.84 bits per heavy atom. The van der Waals surface area contributed by atoms with Crippen molar-refractivity contribution in [1.82, 2.24) is 29.9 Å². The molecule has 1 amide bonds. The second-order valence-electron chi connectivity index (χ2n) is 6.06. The molecule has 0 saturated carbocycles. The number of amides is 1. The first-order valence-corrected chi connectivity index (χ1v) is 8.34. The lowest BCUT2D eigenvalue weighted by molar-refractivity contribution is -0.133. The van der Waals surface area contributed by atoms with Crippen LogP contribution in [0.2, 0.25) is 0 Å². The molecule has 1 aromatic carbocycles. The molecule has 0 saturated heterocycles. The van der Waals surface area contributed by atoms with Gasteiger partial charge in [-0.1, -0.05) is 30.3 Å². The van der Waals surface area contributed by atoms with E-state index >= 15 is 0 Å². The molecule has 0 aliphatic carbocycles. The maximum atomic E-state index is 12.4. The highest BCUT2D eigenvalue weighted by Gasteiger charge is 2.19. The third kappa shape index (κ3) is 4.12. The average Bonchev–Trinajstić information content (AvgIpc) is 3.33. The van der Waals surface area contributed by atoms with Crippen LogP contribution in [0.25, 0.3) is 11.3 Å². The van der Waals surface area contributed by atoms with E-state index in [1.165, 1.54) is 6.33 Å². The van der Waals surface area contributed by atoms with E-state index in [2.05, 4.69) is 26.3 Å². The van der Waals surface area contributed by atoms with E-state index in [0.717, 1.165) is 29.8 Å². The van der Waals surface area contributed by atoms with Crippen molar-refractivity contribution < 1.29 is 4.79 Å². The van der Waals surface area contributed by atoms with Crippen molar-refractivity contribution in [3.8, 4) is 11.3 Å². The molecule has 2 aromatic heterocycles. The number of benzene rings is 1. The van der Waals surface area contributed by atoms with Crippen LogP contribution in [0.3, 0.4) is 0 Å². The summed E-state index contributed by atoms with van der Waals surface area (Å²) < 4.78 is 1.57. The Hall–Kier alpha value is -2.96. The van der Waals surface area contributed by atoms with Crippen LogP contribution in [0.1, 0.15) is 25.1 Å². The van der Waals surface area contributed by atoms with Gasteiger partial charge in [-0.05, 0) is 25.8 Å². The lowest BCUT2D eigenvalue weighted by Crippen LogP contribution is -2.34. The van der Waals surface area contributed by atoms with E-state index in [1.54, 1.807) is 15.9 Å². The van der Waals surface area contributed by atoms with Gasteiger partial charge in [-0.2, -0.15) is 10.2 Å². The fourth-order valence-corrected chi connectivity index (χ4v) is 2.71. The Morgan fingerprint density at radius 1 is 1.32 bits per heavy atom. The Bertz CT molecular complexity index is 796. The molecule has 3 aromatic rings. The summed E-state index contributed by atoms with van der Waals surface area (Å²) in [6.07, 6.45) is 4.70. The molecule has 7 heteroatoms. The summed E-state index contributed by atoms with van der Waals surface area (Å²) in [5.41, 5.74) is 3.11. The smallest absolute Gasteiger partial charge is 0.246 e. The lowest BCUT2D eigenvalue weighted by Gasteiger charge is -2.21. The Kier molecular flexibility index (Phi) is 5.23. The highest BCUT2D eigenvalue weighted by molar-refractivity contribution is 5.79. The molecule has 2 heterocycles. The van der Waals surface area contributed by atoms with Crippen LogP contribution in [-0.2, 0) is 11.2 Å². The second-order valence-corrected chi connectivity index (χ2v) is 6.06. The largest absolute Gasteiger partial charge is 0.344 e. The monoisotopic (exact) mass is 338 g/mol. The summed E-state index contributed by atoms with van der Waals surface area (Å²) in [4.78, 5) is 18.0. The zero-order chi connectivity index (χ0) is 17.6. The Morgan fingerprint density at radius 2 is 2.12 bits per heavy atom. The van der Waals surface area contributed by atoms with Gasteiger partial charge in [-0.15, -0.1) is 0 Å². The number of nitrogens with zero attached hydrogens (tertiary/aromatic N) is 5. The molecule has 3 rings (SSSR count). The summed E-state index contributed by atoms with van der Waals surface area (Å²) in [5.74, 6) is 0.0279. The number of nitrogens with one attached hydrogen (secondary N) is 1. The van der Waals surface area contributed by atoms with Crippen LogP contribution in [0.5, 0.6) is 0 Å². The maximum Gasteiger partial charge on any atom is 0.246 e. The van der Waals surface area contributed by atoms with Gasteiger partial charge in [-0.25, -0.2) is 9.67 Å². The number of likely N-dealkylation sites (N-methyl/N-ethyl adjacent to an activating group) is 1. The summed E-state index contributed by atoms with van der Waals surface area (Å²) >= 11 is 0. The molecule has 0 aliphatic heterocycles. The van der Waals surface area contributed by atoms with E-state index in [0.29, 0.717) is 6.54 Å². The number of aryl methyl sites for hydroxylation is 1.